The lowest BCUT2D eigenvalue weighted by molar-refractivity contribution is -0.136. The lowest BCUT2D eigenvalue weighted by atomic mass is 10.00. The van der Waals surface area contributed by atoms with Crippen molar-refractivity contribution in [1.29, 1.82) is 0 Å². The minimum absolute atomic E-state index is 0.231. The summed E-state index contributed by atoms with van der Waals surface area (Å²) in [6.07, 6.45) is 2.36. The first kappa shape index (κ1) is 27.3. The Kier molecular flexibility index (Phi) is 8.30. The van der Waals surface area contributed by atoms with Crippen LogP contribution in [0.1, 0.15) is 22.3 Å². The Hall–Kier alpha value is -3.27. The van der Waals surface area contributed by atoms with Crippen molar-refractivity contribution in [3.8, 4) is 11.5 Å². The van der Waals surface area contributed by atoms with Crippen LogP contribution in [0, 0.1) is 0 Å². The van der Waals surface area contributed by atoms with E-state index in [0.717, 1.165) is 34.2 Å². The molecule has 0 N–H and O–H groups in total. The van der Waals surface area contributed by atoms with Gasteiger partial charge in [0.2, 0.25) is 5.91 Å². The molecule has 39 heavy (non-hydrogen) atoms. The van der Waals surface area contributed by atoms with Crippen LogP contribution >= 0.6 is 39.3 Å². The molecule has 3 aromatic rings. The molecule has 0 unspecified atom stereocenters. The molecule has 5 rings (SSSR count). The van der Waals surface area contributed by atoms with Gasteiger partial charge in [0.15, 0.2) is 11.5 Å². The second-order valence-electron chi connectivity index (χ2n) is 9.04. The van der Waals surface area contributed by atoms with Crippen molar-refractivity contribution in [3.63, 3.8) is 0 Å². The zero-order valence-corrected chi connectivity index (χ0v) is 24.1. The number of nitrogens with zero attached hydrogens (tertiary/aromatic N) is 2. The van der Waals surface area contributed by atoms with Gasteiger partial charge in [0.05, 0.1) is 12.0 Å². The van der Waals surface area contributed by atoms with Crippen molar-refractivity contribution in [1.82, 2.24) is 9.80 Å². The van der Waals surface area contributed by atoms with E-state index in [1.807, 2.05) is 30.3 Å². The van der Waals surface area contributed by atoms with Crippen LogP contribution < -0.4 is 9.47 Å². The highest BCUT2D eigenvalue weighted by Crippen LogP contribution is 2.38. The van der Waals surface area contributed by atoms with E-state index in [2.05, 4.69) is 22.0 Å². The molecule has 7 nitrogen and oxygen atoms in total. The number of carbonyl (C=O) groups is 3. The maximum absolute atomic E-state index is 13.1. The normalized spacial score (nSPS) is 16.0. The van der Waals surface area contributed by atoms with Crippen LogP contribution in [0.3, 0.4) is 0 Å². The Balaban J connectivity index is 1.28. The van der Waals surface area contributed by atoms with Crippen LogP contribution in [0.5, 0.6) is 11.5 Å². The van der Waals surface area contributed by atoms with Crippen molar-refractivity contribution in [3.05, 3.63) is 97.3 Å². The van der Waals surface area contributed by atoms with Gasteiger partial charge < -0.3 is 14.4 Å². The molecule has 3 aromatic carbocycles. The van der Waals surface area contributed by atoms with E-state index in [4.69, 9.17) is 21.1 Å². The number of ether oxygens (including phenoxy) is 2. The van der Waals surface area contributed by atoms with Crippen LogP contribution in [0.4, 0.5) is 4.79 Å². The quantitative estimate of drug-likeness (QED) is 0.286. The second-order valence-corrected chi connectivity index (χ2v) is 11.3. The minimum atomic E-state index is -0.496. The lowest BCUT2D eigenvalue weighted by Crippen LogP contribution is -2.44. The molecule has 200 valence electrons. The van der Waals surface area contributed by atoms with Crippen molar-refractivity contribution in [2.24, 2.45) is 0 Å². The number of hydrogen-bond donors (Lipinski definition) is 0. The van der Waals surface area contributed by atoms with Crippen molar-refractivity contribution in [2.45, 2.75) is 19.6 Å². The molecule has 10 heteroatoms. The molecule has 1 saturated heterocycles. The molecule has 2 aliphatic heterocycles. The Labute approximate surface area is 243 Å². The molecule has 0 aliphatic carbocycles. The van der Waals surface area contributed by atoms with Crippen LogP contribution in [0.25, 0.3) is 6.08 Å². The molecule has 2 heterocycles. The van der Waals surface area contributed by atoms with Gasteiger partial charge in [-0.3, -0.25) is 19.3 Å². The van der Waals surface area contributed by atoms with Gasteiger partial charge in [0.25, 0.3) is 11.1 Å². The van der Waals surface area contributed by atoms with Crippen molar-refractivity contribution in [2.75, 3.05) is 20.2 Å². The Morgan fingerprint density at radius 2 is 1.82 bits per heavy atom. The Morgan fingerprint density at radius 3 is 2.56 bits per heavy atom. The van der Waals surface area contributed by atoms with Gasteiger partial charge in [-0.25, -0.2) is 0 Å². The molecule has 0 radical (unpaired) electrons. The van der Waals surface area contributed by atoms with Crippen molar-refractivity contribution < 1.29 is 23.9 Å². The first-order valence-corrected chi connectivity index (χ1v) is 14.2. The number of amides is 3. The number of thioether (sulfide) groups is 1. The summed E-state index contributed by atoms with van der Waals surface area (Å²) in [5, 5.41) is 0.178. The molecule has 0 bridgehead atoms. The molecule has 3 amide bonds. The molecule has 1 fully saturated rings. The van der Waals surface area contributed by atoms with Crippen molar-refractivity contribution >= 4 is 62.4 Å². The van der Waals surface area contributed by atoms with Crippen LogP contribution in [-0.4, -0.2) is 47.1 Å². The van der Waals surface area contributed by atoms with Crippen LogP contribution in [0.15, 0.2) is 70.0 Å². The number of methoxy groups -OCH3 is 1. The van der Waals surface area contributed by atoms with E-state index < -0.39 is 11.1 Å². The highest BCUT2D eigenvalue weighted by molar-refractivity contribution is 9.10. The average molecular weight is 628 g/mol. The number of fused-ring (bicyclic) bond motifs is 1. The maximum atomic E-state index is 13.1. The van der Waals surface area contributed by atoms with E-state index >= 15 is 0 Å². The SMILES string of the molecule is COc1cc(/C=C2\SC(=O)N(CC(=O)N3CCc4ccccc4C3)C2=O)c(Br)cc1OCc1ccc(Cl)cc1. The molecule has 0 saturated carbocycles. The number of halogens is 2. The van der Waals surface area contributed by atoms with E-state index in [1.165, 1.54) is 12.7 Å². The Bertz CT molecular complexity index is 1480. The van der Waals surface area contributed by atoms with E-state index in [-0.39, 0.29) is 17.4 Å². The molecule has 0 spiro atoms. The van der Waals surface area contributed by atoms with Gasteiger partial charge in [0, 0.05) is 22.6 Å². The Morgan fingerprint density at radius 1 is 1.08 bits per heavy atom. The van der Waals surface area contributed by atoms with Gasteiger partial charge in [0.1, 0.15) is 13.2 Å². The third kappa shape index (κ3) is 6.16. The minimum Gasteiger partial charge on any atom is -0.493 e. The fourth-order valence-electron chi connectivity index (χ4n) is 4.40. The number of carbonyl (C=O) groups excluding carboxylic acids is 3. The molecular formula is C29H24BrClN2O5S. The monoisotopic (exact) mass is 626 g/mol. The second kappa shape index (κ2) is 11.9. The maximum Gasteiger partial charge on any atom is 0.294 e. The highest BCUT2D eigenvalue weighted by Gasteiger charge is 2.37. The fourth-order valence-corrected chi connectivity index (χ4v) is 5.79. The average Bonchev–Trinajstić information content (AvgIpc) is 3.20. The van der Waals surface area contributed by atoms with E-state index in [9.17, 15) is 14.4 Å². The summed E-state index contributed by atoms with van der Waals surface area (Å²) >= 11 is 10.3. The number of benzene rings is 3. The van der Waals surface area contributed by atoms with Crippen LogP contribution in [-0.2, 0) is 29.2 Å². The summed E-state index contributed by atoms with van der Waals surface area (Å²) in [5.74, 6) is 0.235. The summed E-state index contributed by atoms with van der Waals surface area (Å²) in [7, 11) is 1.53. The number of imide groups is 1. The van der Waals surface area contributed by atoms with Gasteiger partial charge in [-0.15, -0.1) is 0 Å². The third-order valence-corrected chi connectivity index (χ3v) is 8.37. The zero-order chi connectivity index (χ0) is 27.5. The summed E-state index contributed by atoms with van der Waals surface area (Å²) < 4.78 is 12.1. The largest absolute Gasteiger partial charge is 0.493 e. The molecule has 0 atom stereocenters. The zero-order valence-electron chi connectivity index (χ0n) is 21.0. The standard InChI is InChI=1S/C29H24BrClN2O5S/c1-37-24-12-21(23(30)14-25(24)38-17-18-6-8-22(31)9-7-18)13-26-28(35)33(29(36)39-26)16-27(34)32-11-10-19-4-2-3-5-20(19)15-32/h2-9,12-14H,10-11,15-17H2,1H3/b26-13-. The third-order valence-electron chi connectivity index (χ3n) is 6.53. The highest BCUT2D eigenvalue weighted by atomic mass is 79.9. The van der Waals surface area contributed by atoms with E-state index in [0.29, 0.717) is 46.3 Å². The topological polar surface area (TPSA) is 76.2 Å². The van der Waals surface area contributed by atoms with E-state index in [1.54, 1.807) is 35.2 Å². The molecular weight excluding hydrogens is 604 g/mol. The molecule has 2 aliphatic rings. The summed E-state index contributed by atoms with van der Waals surface area (Å²) in [6.45, 7) is 1.06. The van der Waals surface area contributed by atoms with Gasteiger partial charge in [-0.1, -0.05) is 63.9 Å². The van der Waals surface area contributed by atoms with Gasteiger partial charge in [-0.2, -0.15) is 0 Å². The number of rotatable bonds is 7. The summed E-state index contributed by atoms with van der Waals surface area (Å²) in [6, 6.07) is 18.8. The lowest BCUT2D eigenvalue weighted by Gasteiger charge is -2.29. The number of hydrogen-bond acceptors (Lipinski definition) is 6. The fraction of sp³-hybridized carbons (Fsp3) is 0.207. The smallest absolute Gasteiger partial charge is 0.294 e. The van der Waals surface area contributed by atoms with Gasteiger partial charge in [-0.05, 0) is 70.8 Å². The van der Waals surface area contributed by atoms with Crippen LogP contribution in [0.2, 0.25) is 5.02 Å². The summed E-state index contributed by atoms with van der Waals surface area (Å²) in [4.78, 5) is 41.7. The predicted octanol–water partition coefficient (Wildman–Crippen LogP) is 6.31. The first-order chi connectivity index (χ1) is 18.8. The van der Waals surface area contributed by atoms with Gasteiger partial charge >= 0.3 is 0 Å². The molecule has 0 aromatic heterocycles. The first-order valence-electron chi connectivity index (χ1n) is 12.2. The summed E-state index contributed by atoms with van der Waals surface area (Å²) in [5.41, 5.74) is 3.89. The predicted molar refractivity (Wildman–Crippen MR) is 155 cm³/mol.